The number of halogens is 1. The Balaban J connectivity index is 2.09. The van der Waals surface area contributed by atoms with Crippen molar-refractivity contribution in [2.45, 2.75) is 44.1 Å². The SMILES string of the molecule is CC(C(=O)NC1(CO)CCCC1)c1ccccc1F. The molecule has 104 valence electrons. The van der Waals surface area contributed by atoms with Crippen LogP contribution in [0.3, 0.4) is 0 Å². The van der Waals surface area contributed by atoms with E-state index in [0.29, 0.717) is 5.56 Å². The predicted molar refractivity (Wildman–Crippen MR) is 71.2 cm³/mol. The summed E-state index contributed by atoms with van der Waals surface area (Å²) in [6.45, 7) is 1.64. The summed E-state index contributed by atoms with van der Waals surface area (Å²) in [5, 5.41) is 12.4. The smallest absolute Gasteiger partial charge is 0.227 e. The Labute approximate surface area is 112 Å². The van der Waals surface area contributed by atoms with Gasteiger partial charge in [0.2, 0.25) is 5.91 Å². The first-order valence-corrected chi connectivity index (χ1v) is 6.75. The van der Waals surface area contributed by atoms with Gasteiger partial charge in [-0.2, -0.15) is 0 Å². The van der Waals surface area contributed by atoms with Crippen LogP contribution < -0.4 is 5.32 Å². The second-order valence-corrected chi connectivity index (χ2v) is 5.38. The molecule has 1 atom stereocenters. The van der Waals surface area contributed by atoms with E-state index < -0.39 is 11.5 Å². The maximum Gasteiger partial charge on any atom is 0.227 e. The molecule has 19 heavy (non-hydrogen) atoms. The third-order valence-corrected chi connectivity index (χ3v) is 4.02. The summed E-state index contributed by atoms with van der Waals surface area (Å²) in [6, 6.07) is 6.31. The Morgan fingerprint density at radius 3 is 2.63 bits per heavy atom. The maximum atomic E-state index is 13.7. The van der Waals surface area contributed by atoms with Gasteiger partial charge in [-0.05, 0) is 31.4 Å². The highest BCUT2D eigenvalue weighted by Gasteiger charge is 2.36. The summed E-state index contributed by atoms with van der Waals surface area (Å²) in [5.41, 5.74) is -0.109. The minimum atomic E-state index is -0.551. The van der Waals surface area contributed by atoms with Crippen LogP contribution in [0.1, 0.15) is 44.1 Å². The van der Waals surface area contributed by atoms with Crippen molar-refractivity contribution in [1.82, 2.24) is 5.32 Å². The zero-order valence-electron chi connectivity index (χ0n) is 11.2. The molecule has 2 N–H and O–H groups in total. The number of carbonyl (C=O) groups excluding carboxylic acids is 1. The average molecular weight is 265 g/mol. The lowest BCUT2D eigenvalue weighted by atomic mass is 9.94. The Hall–Kier alpha value is -1.42. The fraction of sp³-hybridized carbons (Fsp3) is 0.533. The summed E-state index contributed by atoms with van der Waals surface area (Å²) < 4.78 is 13.7. The molecule has 0 bridgehead atoms. The van der Waals surface area contributed by atoms with Gasteiger partial charge in [-0.25, -0.2) is 4.39 Å². The lowest BCUT2D eigenvalue weighted by Gasteiger charge is -2.29. The van der Waals surface area contributed by atoms with E-state index in [0.717, 1.165) is 25.7 Å². The first-order valence-electron chi connectivity index (χ1n) is 6.75. The van der Waals surface area contributed by atoms with Gasteiger partial charge in [0, 0.05) is 0 Å². The van der Waals surface area contributed by atoms with Crippen molar-refractivity contribution in [2.24, 2.45) is 0 Å². The predicted octanol–water partition coefficient (Wildman–Crippen LogP) is 2.35. The second-order valence-electron chi connectivity index (χ2n) is 5.38. The van der Waals surface area contributed by atoms with Crippen molar-refractivity contribution in [3.63, 3.8) is 0 Å². The number of benzene rings is 1. The van der Waals surface area contributed by atoms with Crippen LogP contribution in [-0.4, -0.2) is 23.2 Å². The Kier molecular flexibility index (Phi) is 4.20. The van der Waals surface area contributed by atoms with E-state index in [1.165, 1.54) is 6.07 Å². The summed E-state index contributed by atoms with van der Waals surface area (Å²) >= 11 is 0. The molecule has 0 spiro atoms. The van der Waals surface area contributed by atoms with Crippen LogP contribution in [0.25, 0.3) is 0 Å². The fourth-order valence-electron chi connectivity index (χ4n) is 2.71. The first kappa shape index (κ1) is 14.0. The molecule has 0 heterocycles. The van der Waals surface area contributed by atoms with Gasteiger partial charge in [-0.3, -0.25) is 4.79 Å². The van der Waals surface area contributed by atoms with Crippen LogP contribution in [0.15, 0.2) is 24.3 Å². The zero-order valence-corrected chi connectivity index (χ0v) is 11.2. The number of amides is 1. The van der Waals surface area contributed by atoms with Crippen molar-refractivity contribution < 1.29 is 14.3 Å². The Bertz CT molecular complexity index is 455. The molecule has 1 aliphatic rings. The topological polar surface area (TPSA) is 49.3 Å². The normalized spacial score (nSPS) is 19.1. The molecule has 1 aliphatic carbocycles. The molecule has 1 unspecified atom stereocenters. The average Bonchev–Trinajstić information content (AvgIpc) is 2.87. The van der Waals surface area contributed by atoms with Crippen LogP contribution in [-0.2, 0) is 4.79 Å². The molecule has 1 aromatic carbocycles. The standard InChI is InChI=1S/C15H20FNO2/c1-11(12-6-2-3-7-13(12)16)14(19)17-15(10-18)8-4-5-9-15/h2-3,6-7,11,18H,4-5,8-10H2,1H3,(H,17,19). The third-order valence-electron chi connectivity index (χ3n) is 4.02. The second kappa shape index (κ2) is 5.70. The lowest BCUT2D eigenvalue weighted by Crippen LogP contribution is -2.50. The van der Waals surface area contributed by atoms with E-state index in [1.54, 1.807) is 25.1 Å². The van der Waals surface area contributed by atoms with Gasteiger partial charge in [0.05, 0.1) is 18.1 Å². The highest BCUT2D eigenvalue weighted by atomic mass is 19.1. The summed E-state index contributed by atoms with van der Waals surface area (Å²) in [5.74, 6) is -1.14. The number of carbonyl (C=O) groups is 1. The monoisotopic (exact) mass is 265 g/mol. The number of rotatable bonds is 4. The fourth-order valence-corrected chi connectivity index (χ4v) is 2.71. The van der Waals surface area contributed by atoms with Crippen LogP contribution in [0.2, 0.25) is 0 Å². The molecule has 0 saturated heterocycles. The molecular formula is C15H20FNO2. The van der Waals surface area contributed by atoms with Gasteiger partial charge in [0.1, 0.15) is 5.82 Å². The van der Waals surface area contributed by atoms with Gasteiger partial charge in [0.15, 0.2) is 0 Å². The molecular weight excluding hydrogens is 245 g/mol. The minimum Gasteiger partial charge on any atom is -0.394 e. The van der Waals surface area contributed by atoms with E-state index in [-0.39, 0.29) is 18.3 Å². The molecule has 0 aliphatic heterocycles. The molecule has 4 heteroatoms. The Morgan fingerprint density at radius 1 is 1.42 bits per heavy atom. The summed E-state index contributed by atoms with van der Waals surface area (Å²) in [6.07, 6.45) is 3.60. The molecule has 1 amide bonds. The van der Waals surface area contributed by atoms with Gasteiger partial charge < -0.3 is 10.4 Å². The summed E-state index contributed by atoms with van der Waals surface area (Å²) in [7, 11) is 0. The van der Waals surface area contributed by atoms with E-state index >= 15 is 0 Å². The van der Waals surface area contributed by atoms with Crippen LogP contribution in [0, 0.1) is 5.82 Å². The molecule has 2 rings (SSSR count). The molecule has 1 saturated carbocycles. The van der Waals surface area contributed by atoms with Gasteiger partial charge in [0.25, 0.3) is 0 Å². The van der Waals surface area contributed by atoms with Crippen molar-refractivity contribution in [3.8, 4) is 0 Å². The highest BCUT2D eigenvalue weighted by molar-refractivity contribution is 5.84. The molecule has 0 radical (unpaired) electrons. The summed E-state index contributed by atoms with van der Waals surface area (Å²) in [4.78, 5) is 12.2. The molecule has 1 aromatic rings. The van der Waals surface area contributed by atoms with Gasteiger partial charge in [-0.15, -0.1) is 0 Å². The zero-order chi connectivity index (χ0) is 13.9. The number of nitrogens with one attached hydrogen (secondary N) is 1. The minimum absolute atomic E-state index is 0.0528. The number of aliphatic hydroxyl groups excluding tert-OH is 1. The van der Waals surface area contributed by atoms with Crippen molar-refractivity contribution >= 4 is 5.91 Å². The largest absolute Gasteiger partial charge is 0.394 e. The Morgan fingerprint density at radius 2 is 2.05 bits per heavy atom. The van der Waals surface area contributed by atoms with Crippen LogP contribution in [0.4, 0.5) is 4.39 Å². The molecule has 3 nitrogen and oxygen atoms in total. The van der Waals surface area contributed by atoms with Crippen molar-refractivity contribution in [3.05, 3.63) is 35.6 Å². The van der Waals surface area contributed by atoms with Gasteiger partial charge >= 0.3 is 0 Å². The van der Waals surface area contributed by atoms with E-state index in [2.05, 4.69) is 5.32 Å². The first-order chi connectivity index (χ1) is 9.08. The lowest BCUT2D eigenvalue weighted by molar-refractivity contribution is -0.124. The van der Waals surface area contributed by atoms with E-state index in [9.17, 15) is 14.3 Å². The third kappa shape index (κ3) is 2.95. The maximum absolute atomic E-state index is 13.7. The van der Waals surface area contributed by atoms with Gasteiger partial charge in [-0.1, -0.05) is 31.0 Å². The number of hydrogen-bond acceptors (Lipinski definition) is 2. The van der Waals surface area contributed by atoms with Crippen molar-refractivity contribution in [2.75, 3.05) is 6.61 Å². The van der Waals surface area contributed by atoms with Crippen LogP contribution >= 0.6 is 0 Å². The number of hydrogen-bond donors (Lipinski definition) is 2. The van der Waals surface area contributed by atoms with E-state index in [1.807, 2.05) is 0 Å². The molecule has 1 fully saturated rings. The van der Waals surface area contributed by atoms with Crippen molar-refractivity contribution in [1.29, 1.82) is 0 Å². The van der Waals surface area contributed by atoms with E-state index in [4.69, 9.17) is 0 Å². The highest BCUT2D eigenvalue weighted by Crippen LogP contribution is 2.30. The molecule has 0 aromatic heterocycles. The van der Waals surface area contributed by atoms with Crippen LogP contribution in [0.5, 0.6) is 0 Å². The quantitative estimate of drug-likeness (QED) is 0.878. The number of aliphatic hydroxyl groups is 1.